The van der Waals surface area contributed by atoms with E-state index in [1.54, 1.807) is 0 Å². The largest absolute Gasteiger partial charge is 0.326 e. The minimum atomic E-state index is 0.401. The molecule has 2 rings (SSSR count). The monoisotopic (exact) mass is 211 g/mol. The Bertz CT molecular complexity index is 187. The van der Waals surface area contributed by atoms with Crippen LogP contribution in [-0.4, -0.2) is 43.2 Å². The van der Waals surface area contributed by atoms with Crippen LogP contribution in [0.1, 0.15) is 38.5 Å². The van der Waals surface area contributed by atoms with Crippen LogP contribution >= 0.6 is 0 Å². The molecule has 0 radical (unpaired) electrons. The van der Waals surface area contributed by atoms with Crippen molar-refractivity contribution in [3.05, 3.63) is 0 Å². The van der Waals surface area contributed by atoms with Gasteiger partial charge in [0.1, 0.15) is 0 Å². The van der Waals surface area contributed by atoms with Crippen molar-refractivity contribution >= 4 is 0 Å². The van der Waals surface area contributed by atoms with Gasteiger partial charge in [0.05, 0.1) is 0 Å². The van der Waals surface area contributed by atoms with E-state index in [4.69, 9.17) is 5.73 Å². The smallest absolute Gasteiger partial charge is 0.0221 e. The number of hydrogen-bond acceptors (Lipinski definition) is 3. The fraction of sp³-hybridized carbons (Fsp3) is 1.00. The zero-order valence-corrected chi connectivity index (χ0v) is 9.91. The number of rotatable bonds is 2. The summed E-state index contributed by atoms with van der Waals surface area (Å²) >= 11 is 0. The molecular weight excluding hydrogens is 186 g/mol. The molecule has 15 heavy (non-hydrogen) atoms. The topological polar surface area (TPSA) is 41.3 Å². The van der Waals surface area contributed by atoms with E-state index in [-0.39, 0.29) is 0 Å². The van der Waals surface area contributed by atoms with Gasteiger partial charge in [-0.1, -0.05) is 12.8 Å². The molecule has 3 N–H and O–H groups in total. The molecule has 0 spiro atoms. The van der Waals surface area contributed by atoms with Crippen molar-refractivity contribution in [3.8, 4) is 0 Å². The highest BCUT2D eigenvalue weighted by atomic mass is 15.1. The second-order valence-corrected chi connectivity index (χ2v) is 5.30. The molecule has 0 aromatic rings. The number of nitrogens with zero attached hydrogens (tertiary/aromatic N) is 1. The summed E-state index contributed by atoms with van der Waals surface area (Å²) in [5.74, 6) is 0. The lowest BCUT2D eigenvalue weighted by Crippen LogP contribution is -2.53. The Labute approximate surface area is 93.4 Å². The Morgan fingerprint density at radius 3 is 2.40 bits per heavy atom. The first kappa shape index (κ1) is 11.4. The standard InChI is InChI=1S/C12H25N3/c1-15-8-6-10(7-9-15)14-12-5-3-2-4-11(12)13/h10-12,14H,2-9,13H2,1H3/t11-,12-/m0/s1. The molecule has 0 bridgehead atoms. The van der Waals surface area contributed by atoms with Crippen molar-refractivity contribution in [1.82, 2.24) is 10.2 Å². The van der Waals surface area contributed by atoms with Crippen LogP contribution in [0.2, 0.25) is 0 Å². The molecule has 3 heteroatoms. The van der Waals surface area contributed by atoms with Gasteiger partial charge in [0.25, 0.3) is 0 Å². The Kier molecular flexibility index (Phi) is 4.00. The lowest BCUT2D eigenvalue weighted by Gasteiger charge is -2.36. The molecule has 2 fully saturated rings. The van der Waals surface area contributed by atoms with Crippen LogP contribution in [0.4, 0.5) is 0 Å². The SMILES string of the molecule is CN1CCC(N[C@H]2CCCC[C@@H]2N)CC1. The van der Waals surface area contributed by atoms with Gasteiger partial charge in [-0.05, 0) is 45.8 Å². The van der Waals surface area contributed by atoms with E-state index in [0.717, 1.165) is 6.04 Å². The van der Waals surface area contributed by atoms with Crippen LogP contribution in [0.15, 0.2) is 0 Å². The van der Waals surface area contributed by atoms with Crippen molar-refractivity contribution in [1.29, 1.82) is 0 Å². The summed E-state index contributed by atoms with van der Waals surface area (Å²) in [5, 5.41) is 3.78. The van der Waals surface area contributed by atoms with Gasteiger partial charge in [0, 0.05) is 18.1 Å². The van der Waals surface area contributed by atoms with Gasteiger partial charge in [0.15, 0.2) is 0 Å². The number of piperidine rings is 1. The van der Waals surface area contributed by atoms with Crippen molar-refractivity contribution in [2.75, 3.05) is 20.1 Å². The van der Waals surface area contributed by atoms with E-state index in [0.29, 0.717) is 12.1 Å². The number of likely N-dealkylation sites (tertiary alicyclic amines) is 1. The minimum absolute atomic E-state index is 0.401. The Hall–Kier alpha value is -0.120. The number of nitrogens with two attached hydrogens (primary N) is 1. The minimum Gasteiger partial charge on any atom is -0.326 e. The van der Waals surface area contributed by atoms with Gasteiger partial charge in [-0.3, -0.25) is 0 Å². The van der Waals surface area contributed by atoms with Crippen molar-refractivity contribution < 1.29 is 0 Å². The molecule has 0 unspecified atom stereocenters. The molecule has 2 aliphatic rings. The summed E-state index contributed by atoms with van der Waals surface area (Å²) in [4.78, 5) is 2.42. The number of nitrogens with one attached hydrogen (secondary N) is 1. The molecule has 0 aromatic heterocycles. The zero-order chi connectivity index (χ0) is 10.7. The highest BCUT2D eigenvalue weighted by Gasteiger charge is 2.25. The summed E-state index contributed by atoms with van der Waals surface area (Å²) in [5.41, 5.74) is 6.15. The quantitative estimate of drug-likeness (QED) is 0.714. The molecule has 0 amide bonds. The van der Waals surface area contributed by atoms with Crippen LogP contribution in [0, 0.1) is 0 Å². The van der Waals surface area contributed by atoms with Crippen LogP contribution < -0.4 is 11.1 Å². The fourth-order valence-electron chi connectivity index (χ4n) is 2.84. The van der Waals surface area contributed by atoms with Crippen molar-refractivity contribution in [2.45, 2.75) is 56.7 Å². The summed E-state index contributed by atoms with van der Waals surface area (Å²) < 4.78 is 0. The van der Waals surface area contributed by atoms with Gasteiger partial charge in [-0.15, -0.1) is 0 Å². The Morgan fingerprint density at radius 1 is 1.07 bits per heavy atom. The van der Waals surface area contributed by atoms with Gasteiger partial charge in [-0.25, -0.2) is 0 Å². The maximum Gasteiger partial charge on any atom is 0.0221 e. The average molecular weight is 211 g/mol. The lowest BCUT2D eigenvalue weighted by molar-refractivity contribution is 0.206. The highest BCUT2D eigenvalue weighted by Crippen LogP contribution is 2.19. The first-order valence-corrected chi connectivity index (χ1v) is 6.46. The molecule has 0 aromatic carbocycles. The van der Waals surface area contributed by atoms with E-state index >= 15 is 0 Å². The van der Waals surface area contributed by atoms with E-state index in [1.807, 2.05) is 0 Å². The summed E-state index contributed by atoms with van der Waals surface area (Å²) in [7, 11) is 2.21. The predicted octanol–water partition coefficient (Wildman–Crippen LogP) is 0.940. The molecule has 1 heterocycles. The summed E-state index contributed by atoms with van der Waals surface area (Å²) in [6.45, 7) is 2.47. The maximum absolute atomic E-state index is 6.15. The molecule has 1 saturated carbocycles. The van der Waals surface area contributed by atoms with Crippen molar-refractivity contribution in [2.24, 2.45) is 5.73 Å². The maximum atomic E-state index is 6.15. The van der Waals surface area contributed by atoms with E-state index in [9.17, 15) is 0 Å². The fourth-order valence-corrected chi connectivity index (χ4v) is 2.84. The van der Waals surface area contributed by atoms with E-state index < -0.39 is 0 Å². The summed E-state index contributed by atoms with van der Waals surface area (Å²) in [6.07, 6.45) is 7.77. The lowest BCUT2D eigenvalue weighted by atomic mass is 9.89. The predicted molar refractivity (Wildman–Crippen MR) is 63.9 cm³/mol. The van der Waals surface area contributed by atoms with E-state index in [1.165, 1.54) is 51.6 Å². The molecular formula is C12H25N3. The molecule has 1 aliphatic carbocycles. The Balaban J connectivity index is 1.75. The third-order valence-corrected chi connectivity index (χ3v) is 3.99. The van der Waals surface area contributed by atoms with Gasteiger partial charge >= 0.3 is 0 Å². The Morgan fingerprint density at radius 2 is 1.73 bits per heavy atom. The van der Waals surface area contributed by atoms with Crippen LogP contribution in [0.3, 0.4) is 0 Å². The van der Waals surface area contributed by atoms with Crippen LogP contribution in [0.5, 0.6) is 0 Å². The third kappa shape index (κ3) is 3.16. The first-order valence-electron chi connectivity index (χ1n) is 6.46. The average Bonchev–Trinajstić information content (AvgIpc) is 2.25. The first-order chi connectivity index (χ1) is 7.25. The van der Waals surface area contributed by atoms with Gasteiger partial charge in [0.2, 0.25) is 0 Å². The second kappa shape index (κ2) is 5.28. The normalized spacial score (nSPS) is 35.6. The van der Waals surface area contributed by atoms with Crippen LogP contribution in [0.25, 0.3) is 0 Å². The molecule has 2 atom stereocenters. The second-order valence-electron chi connectivity index (χ2n) is 5.30. The van der Waals surface area contributed by atoms with Crippen molar-refractivity contribution in [3.63, 3.8) is 0 Å². The molecule has 1 aliphatic heterocycles. The van der Waals surface area contributed by atoms with Gasteiger partial charge < -0.3 is 16.0 Å². The summed E-state index contributed by atoms with van der Waals surface area (Å²) in [6, 6.07) is 1.71. The number of hydrogen-bond donors (Lipinski definition) is 2. The van der Waals surface area contributed by atoms with Crippen LogP contribution in [-0.2, 0) is 0 Å². The highest BCUT2D eigenvalue weighted by molar-refractivity contribution is 4.87. The molecule has 3 nitrogen and oxygen atoms in total. The van der Waals surface area contributed by atoms with Gasteiger partial charge in [-0.2, -0.15) is 0 Å². The molecule has 88 valence electrons. The molecule has 1 saturated heterocycles. The zero-order valence-electron chi connectivity index (χ0n) is 9.91. The third-order valence-electron chi connectivity index (χ3n) is 3.99. The van der Waals surface area contributed by atoms with E-state index in [2.05, 4.69) is 17.3 Å².